The van der Waals surface area contributed by atoms with Gasteiger partial charge in [0, 0.05) is 0 Å². The number of aryl methyl sites for hydroxylation is 1. The first kappa shape index (κ1) is 15.7. The Balaban J connectivity index is 2.87. The van der Waals surface area contributed by atoms with Crippen molar-refractivity contribution in [2.24, 2.45) is 0 Å². The number of rotatable bonds is 4. The maximum Gasteiger partial charge on any atom is 0.227 e. The van der Waals surface area contributed by atoms with Crippen LogP contribution in [-0.4, -0.2) is 3.79 Å². The molecule has 1 rings (SSSR count). The second-order valence-corrected chi connectivity index (χ2v) is 7.48. The average molecular weight is 335 g/mol. The van der Waals surface area contributed by atoms with Gasteiger partial charge in [0.2, 0.25) is 3.79 Å². The molecule has 0 saturated heterocycles. The highest BCUT2D eigenvalue weighted by molar-refractivity contribution is 6.75. The van der Waals surface area contributed by atoms with Crippen LogP contribution in [0.5, 0.6) is 0 Å². The number of hydrogen-bond donors (Lipinski definition) is 0. The molecular formula is C12H13Cl5. The van der Waals surface area contributed by atoms with Crippen molar-refractivity contribution in [1.29, 1.82) is 0 Å². The molecule has 0 saturated carbocycles. The summed E-state index contributed by atoms with van der Waals surface area (Å²) in [5.74, 6) is 0. The van der Waals surface area contributed by atoms with Crippen LogP contribution in [0.15, 0.2) is 24.3 Å². The number of alkyl halides is 5. The van der Waals surface area contributed by atoms with E-state index in [9.17, 15) is 0 Å². The van der Waals surface area contributed by atoms with Crippen LogP contribution in [-0.2, 0) is 10.8 Å². The Morgan fingerprint density at radius 3 is 1.88 bits per heavy atom. The van der Waals surface area contributed by atoms with Crippen LogP contribution in [0.3, 0.4) is 0 Å². The van der Waals surface area contributed by atoms with Gasteiger partial charge in [0.1, 0.15) is 0 Å². The first-order valence-electron chi connectivity index (χ1n) is 5.33. The van der Waals surface area contributed by atoms with Crippen LogP contribution in [0.1, 0.15) is 30.9 Å². The van der Waals surface area contributed by atoms with Gasteiger partial charge in [0.05, 0.1) is 0 Å². The molecule has 0 bridgehead atoms. The molecule has 0 unspecified atom stereocenters. The van der Waals surface area contributed by atoms with E-state index in [4.69, 9.17) is 58.0 Å². The van der Waals surface area contributed by atoms with Crippen molar-refractivity contribution >= 4 is 58.0 Å². The summed E-state index contributed by atoms with van der Waals surface area (Å²) >= 11 is 29.4. The predicted octanol–water partition coefficient (Wildman–Crippen LogP) is 6.03. The third-order valence-electron chi connectivity index (χ3n) is 2.49. The maximum absolute atomic E-state index is 6.06. The molecule has 0 spiro atoms. The predicted molar refractivity (Wildman–Crippen MR) is 78.7 cm³/mol. The lowest BCUT2D eigenvalue weighted by molar-refractivity contribution is 0.793. The third kappa shape index (κ3) is 4.08. The lowest BCUT2D eigenvalue weighted by Crippen LogP contribution is -2.28. The number of benzene rings is 1. The number of unbranched alkanes of at least 4 members (excludes halogenated alkanes) is 1. The zero-order valence-corrected chi connectivity index (χ0v) is 13.1. The standard InChI is InChI=1S/C12H13Cl5/c1-2-3-4-9-5-7-10(8-6-9)11(13,14)12(15,16)17/h5-8H,2-4H2,1H3. The molecule has 5 heteroatoms. The summed E-state index contributed by atoms with van der Waals surface area (Å²) in [6, 6.07) is 7.52. The zero-order valence-electron chi connectivity index (χ0n) is 9.32. The van der Waals surface area contributed by atoms with Crippen molar-refractivity contribution in [3.8, 4) is 0 Å². The van der Waals surface area contributed by atoms with Gasteiger partial charge in [0.25, 0.3) is 0 Å². The Hall–Kier alpha value is 0.670. The van der Waals surface area contributed by atoms with E-state index in [1.54, 1.807) is 12.1 Å². The smallest absolute Gasteiger partial charge is 0.0915 e. The summed E-state index contributed by atoms with van der Waals surface area (Å²) in [7, 11) is 0. The molecule has 0 radical (unpaired) electrons. The summed E-state index contributed by atoms with van der Waals surface area (Å²) in [6.07, 6.45) is 3.34. The molecule has 0 aliphatic carbocycles. The van der Waals surface area contributed by atoms with E-state index in [1.807, 2.05) is 12.1 Å². The van der Waals surface area contributed by atoms with Crippen molar-refractivity contribution in [2.75, 3.05) is 0 Å². The van der Waals surface area contributed by atoms with Crippen molar-refractivity contribution in [3.05, 3.63) is 35.4 Å². The zero-order chi connectivity index (χ0) is 13.1. The second kappa shape index (κ2) is 6.21. The minimum Gasteiger partial charge on any atom is -0.0915 e. The van der Waals surface area contributed by atoms with Gasteiger partial charge >= 0.3 is 0 Å². The molecule has 0 aromatic heterocycles. The number of halogens is 5. The molecule has 0 aliphatic heterocycles. The Morgan fingerprint density at radius 2 is 1.47 bits per heavy atom. The van der Waals surface area contributed by atoms with Crippen molar-refractivity contribution < 1.29 is 0 Å². The Bertz CT molecular complexity index is 350. The SMILES string of the molecule is CCCCc1ccc(C(Cl)(Cl)C(Cl)(Cl)Cl)cc1. The van der Waals surface area contributed by atoms with Crippen molar-refractivity contribution in [2.45, 2.75) is 34.3 Å². The maximum atomic E-state index is 6.06. The summed E-state index contributed by atoms with van der Waals surface area (Å²) in [6.45, 7) is 2.15. The normalized spacial score (nSPS) is 12.8. The van der Waals surface area contributed by atoms with E-state index in [2.05, 4.69) is 6.92 Å². The van der Waals surface area contributed by atoms with E-state index >= 15 is 0 Å². The van der Waals surface area contributed by atoms with Gasteiger partial charge in [-0.1, -0.05) is 95.6 Å². The fourth-order valence-electron chi connectivity index (χ4n) is 1.43. The average Bonchev–Trinajstić information content (AvgIpc) is 2.25. The summed E-state index contributed by atoms with van der Waals surface area (Å²) < 4.78 is -3.30. The van der Waals surface area contributed by atoms with Crippen LogP contribution in [0.4, 0.5) is 0 Å². The van der Waals surface area contributed by atoms with Crippen molar-refractivity contribution in [3.63, 3.8) is 0 Å². The molecule has 0 fully saturated rings. The van der Waals surface area contributed by atoms with Gasteiger partial charge in [-0.2, -0.15) is 0 Å². The quantitative estimate of drug-likeness (QED) is 0.590. The van der Waals surface area contributed by atoms with Crippen molar-refractivity contribution in [1.82, 2.24) is 0 Å². The van der Waals surface area contributed by atoms with Gasteiger partial charge in [0.15, 0.2) is 4.33 Å². The highest BCUT2D eigenvalue weighted by atomic mass is 35.6. The third-order valence-corrected chi connectivity index (χ3v) is 4.93. The van der Waals surface area contributed by atoms with E-state index < -0.39 is 8.13 Å². The molecule has 1 aromatic carbocycles. The molecule has 0 nitrogen and oxygen atoms in total. The molecular weight excluding hydrogens is 321 g/mol. The van der Waals surface area contributed by atoms with Gasteiger partial charge in [-0.3, -0.25) is 0 Å². The van der Waals surface area contributed by atoms with Gasteiger partial charge in [-0.15, -0.1) is 0 Å². The molecule has 1 aromatic rings. The highest BCUT2D eigenvalue weighted by Gasteiger charge is 2.47. The van der Waals surface area contributed by atoms with E-state index in [0.717, 1.165) is 19.3 Å². The van der Waals surface area contributed by atoms with Crippen LogP contribution in [0.2, 0.25) is 0 Å². The Morgan fingerprint density at radius 1 is 0.941 bits per heavy atom. The topological polar surface area (TPSA) is 0 Å². The second-order valence-electron chi connectivity index (χ2n) is 3.87. The molecule has 0 amide bonds. The summed E-state index contributed by atoms with van der Waals surface area (Å²) in [5, 5.41) is 0. The lowest BCUT2D eigenvalue weighted by Gasteiger charge is -2.27. The minimum absolute atomic E-state index is 0.584. The highest BCUT2D eigenvalue weighted by Crippen LogP contribution is 2.52. The van der Waals surface area contributed by atoms with E-state index in [-0.39, 0.29) is 0 Å². The van der Waals surface area contributed by atoms with Gasteiger partial charge < -0.3 is 0 Å². The summed E-state index contributed by atoms with van der Waals surface area (Å²) in [5.41, 5.74) is 1.81. The Labute approximate surface area is 127 Å². The monoisotopic (exact) mass is 332 g/mol. The first-order valence-corrected chi connectivity index (χ1v) is 7.22. The molecule has 96 valence electrons. The Kier molecular flexibility index (Phi) is 5.75. The molecule has 0 heterocycles. The van der Waals surface area contributed by atoms with E-state index in [0.29, 0.717) is 5.56 Å². The largest absolute Gasteiger partial charge is 0.227 e. The van der Waals surface area contributed by atoms with Crippen LogP contribution in [0, 0.1) is 0 Å². The fraction of sp³-hybridized carbons (Fsp3) is 0.500. The minimum atomic E-state index is -1.76. The van der Waals surface area contributed by atoms with Crippen LogP contribution >= 0.6 is 58.0 Å². The molecule has 0 N–H and O–H groups in total. The molecule has 0 aliphatic rings. The lowest BCUT2D eigenvalue weighted by atomic mass is 10.0. The van der Waals surface area contributed by atoms with Gasteiger partial charge in [-0.05, 0) is 24.0 Å². The van der Waals surface area contributed by atoms with Gasteiger partial charge in [-0.25, -0.2) is 0 Å². The van der Waals surface area contributed by atoms with E-state index in [1.165, 1.54) is 5.56 Å². The summed E-state index contributed by atoms with van der Waals surface area (Å²) in [4.78, 5) is 0. The number of hydrogen-bond acceptors (Lipinski definition) is 0. The van der Waals surface area contributed by atoms with Crippen LogP contribution in [0.25, 0.3) is 0 Å². The fourth-order valence-corrected chi connectivity index (χ4v) is 2.00. The molecule has 17 heavy (non-hydrogen) atoms. The molecule has 0 atom stereocenters. The first-order chi connectivity index (χ1) is 7.79. The van der Waals surface area contributed by atoms with Crippen LogP contribution < -0.4 is 0 Å².